The Bertz CT molecular complexity index is 1160. The molecule has 3 aromatic rings. The number of anilines is 1. The monoisotopic (exact) mass is 458 g/mol. The van der Waals surface area contributed by atoms with Gasteiger partial charge in [-0.15, -0.1) is 0 Å². The highest BCUT2D eigenvalue weighted by Crippen LogP contribution is 2.46. The zero-order valence-electron chi connectivity index (χ0n) is 18.3. The molecule has 33 heavy (non-hydrogen) atoms. The van der Waals surface area contributed by atoms with Crippen LogP contribution in [0.4, 0.5) is 18.9 Å². The summed E-state index contributed by atoms with van der Waals surface area (Å²) in [6.45, 7) is 2.77. The molecule has 174 valence electrons. The maximum Gasteiger partial charge on any atom is 0.418 e. The molecule has 0 aliphatic carbocycles. The smallest absolute Gasteiger partial charge is 0.418 e. The number of phenols is 1. The molecule has 1 unspecified atom stereocenters. The lowest BCUT2D eigenvalue weighted by molar-refractivity contribution is -0.262. The van der Waals surface area contributed by atoms with Crippen molar-refractivity contribution in [2.24, 2.45) is 0 Å². The lowest BCUT2D eigenvalue weighted by Gasteiger charge is -2.42. The lowest BCUT2D eigenvalue weighted by Crippen LogP contribution is -2.56. The van der Waals surface area contributed by atoms with Gasteiger partial charge in [0, 0.05) is 17.8 Å². The van der Waals surface area contributed by atoms with Crippen molar-refractivity contribution < 1.29 is 27.8 Å². The average Bonchev–Trinajstić information content (AvgIpc) is 3.27. The van der Waals surface area contributed by atoms with E-state index >= 15 is 0 Å². The molecule has 2 N–H and O–H groups in total. The largest absolute Gasteiger partial charge is 0.507 e. The fourth-order valence-electron chi connectivity index (χ4n) is 4.50. The van der Waals surface area contributed by atoms with Gasteiger partial charge in [0.15, 0.2) is 17.8 Å². The van der Waals surface area contributed by atoms with Gasteiger partial charge in [0.2, 0.25) is 0 Å². The number of phenolic OH excluding ortho intramolecular Hbond substituents is 1. The van der Waals surface area contributed by atoms with Gasteiger partial charge in [0.25, 0.3) is 0 Å². The lowest BCUT2D eigenvalue weighted by atomic mass is 9.73. The zero-order valence-corrected chi connectivity index (χ0v) is 18.3. The summed E-state index contributed by atoms with van der Waals surface area (Å²) in [5, 5.41) is 21.9. The van der Waals surface area contributed by atoms with E-state index in [4.69, 9.17) is 4.42 Å². The minimum Gasteiger partial charge on any atom is -0.507 e. The number of halogens is 3. The fraction of sp³-hybridized carbons (Fsp3) is 0.320. The number of rotatable bonds is 6. The van der Waals surface area contributed by atoms with Crippen molar-refractivity contribution in [2.45, 2.75) is 37.5 Å². The number of hydrogen-bond acceptors (Lipinski definition) is 5. The summed E-state index contributed by atoms with van der Waals surface area (Å²) in [6.07, 6.45) is 0.712. The number of β-amino-alcohol motifs (C(OH)–C–C–N with tert-alkyl or cyclic N) is 1. The molecule has 4 rings (SSSR count). The van der Waals surface area contributed by atoms with Gasteiger partial charge < -0.3 is 19.5 Å². The molecule has 0 saturated carbocycles. The van der Waals surface area contributed by atoms with Crippen LogP contribution < -0.4 is 4.90 Å². The first-order chi connectivity index (χ1) is 15.5. The Morgan fingerprint density at radius 1 is 1.09 bits per heavy atom. The van der Waals surface area contributed by atoms with Crippen LogP contribution in [0.5, 0.6) is 5.75 Å². The Balaban J connectivity index is 1.68. The number of nitrogens with zero attached hydrogens (tertiary/aromatic N) is 2. The second kappa shape index (κ2) is 8.26. The summed E-state index contributed by atoms with van der Waals surface area (Å²) in [5.41, 5.74) is -2.22. The highest BCUT2D eigenvalue weighted by atomic mass is 19.4. The van der Waals surface area contributed by atoms with Crippen LogP contribution in [0.3, 0.4) is 0 Å². The molecule has 2 aromatic carbocycles. The third kappa shape index (κ3) is 4.35. The summed E-state index contributed by atoms with van der Waals surface area (Å²) >= 11 is 0. The van der Waals surface area contributed by atoms with Gasteiger partial charge in [-0.2, -0.15) is 13.2 Å². The minimum absolute atomic E-state index is 0.199. The quantitative estimate of drug-likeness (QED) is 0.508. The number of benzene rings is 2. The summed E-state index contributed by atoms with van der Waals surface area (Å²) in [7, 11) is 0. The molecule has 0 saturated heterocycles. The Kier molecular flexibility index (Phi) is 5.74. The van der Waals surface area contributed by atoms with E-state index in [-0.39, 0.29) is 17.9 Å². The number of aliphatic hydroxyl groups is 1. The van der Waals surface area contributed by atoms with Crippen LogP contribution in [0.15, 0.2) is 65.5 Å². The van der Waals surface area contributed by atoms with Crippen molar-refractivity contribution in [3.8, 4) is 17.1 Å². The van der Waals surface area contributed by atoms with Gasteiger partial charge in [-0.1, -0.05) is 56.3 Å². The van der Waals surface area contributed by atoms with Crippen LogP contribution in [0.2, 0.25) is 0 Å². The Hall–Kier alpha value is -3.26. The number of aromatic nitrogens is 1. The molecule has 0 radical (unpaired) electrons. The van der Waals surface area contributed by atoms with E-state index < -0.39 is 30.2 Å². The topological polar surface area (TPSA) is 69.7 Å². The van der Waals surface area contributed by atoms with E-state index in [1.807, 2.05) is 18.2 Å². The third-order valence-corrected chi connectivity index (χ3v) is 6.08. The number of aromatic hydroxyl groups is 1. The number of hydrogen-bond donors (Lipinski definition) is 2. The first-order valence-electron chi connectivity index (χ1n) is 10.5. The van der Waals surface area contributed by atoms with E-state index in [2.05, 4.69) is 4.98 Å². The normalized spacial score (nSPS) is 15.9. The molecule has 0 spiro atoms. The van der Waals surface area contributed by atoms with Gasteiger partial charge in [0.05, 0.1) is 18.3 Å². The SMILES string of the molecule is CC(C)(CC(O)(CN1CC=Cc2ccccc21)C(F)(F)F)c1cccc(-c2cnco2)c1O. The average molecular weight is 458 g/mol. The van der Waals surface area contributed by atoms with Crippen molar-refractivity contribution >= 4 is 11.8 Å². The third-order valence-electron chi connectivity index (χ3n) is 6.08. The van der Waals surface area contributed by atoms with Crippen LogP contribution in [0, 0.1) is 0 Å². The van der Waals surface area contributed by atoms with Crippen molar-refractivity contribution in [2.75, 3.05) is 18.0 Å². The van der Waals surface area contributed by atoms with Crippen LogP contribution in [-0.4, -0.2) is 40.1 Å². The minimum atomic E-state index is -4.89. The summed E-state index contributed by atoms with van der Waals surface area (Å²) in [6, 6.07) is 11.9. The molecule has 1 aliphatic heterocycles. The maximum absolute atomic E-state index is 14.3. The van der Waals surface area contributed by atoms with Crippen molar-refractivity contribution in [3.05, 3.63) is 72.3 Å². The van der Waals surface area contributed by atoms with Crippen LogP contribution in [-0.2, 0) is 5.41 Å². The van der Waals surface area contributed by atoms with Gasteiger partial charge in [-0.25, -0.2) is 4.98 Å². The standard InChI is InChI=1S/C25H25F3N2O3/c1-23(2,19-10-5-9-18(22(19)31)21-13-29-16-33-21)14-24(32,25(26,27)28)15-30-12-6-8-17-7-3-4-11-20(17)30/h3-11,13,16,31-32H,12,14-15H2,1-2H3. The van der Waals surface area contributed by atoms with Gasteiger partial charge in [-0.05, 0) is 29.5 Å². The van der Waals surface area contributed by atoms with Crippen LogP contribution in [0.1, 0.15) is 31.4 Å². The zero-order chi connectivity index (χ0) is 23.9. The van der Waals surface area contributed by atoms with Gasteiger partial charge in [-0.3, -0.25) is 0 Å². The van der Waals surface area contributed by atoms with Gasteiger partial charge >= 0.3 is 6.18 Å². The highest BCUT2D eigenvalue weighted by molar-refractivity contribution is 5.71. The van der Waals surface area contributed by atoms with Crippen molar-refractivity contribution in [3.63, 3.8) is 0 Å². The fourth-order valence-corrected chi connectivity index (χ4v) is 4.50. The summed E-state index contributed by atoms with van der Waals surface area (Å²) in [4.78, 5) is 5.36. The number of fused-ring (bicyclic) bond motifs is 1. The van der Waals surface area contributed by atoms with E-state index in [1.165, 1.54) is 17.5 Å². The molecule has 0 amide bonds. The molecule has 5 nitrogen and oxygen atoms in total. The predicted octanol–water partition coefficient (Wildman–Crippen LogP) is 5.54. The second-order valence-corrected chi connectivity index (χ2v) is 9.00. The molecular weight excluding hydrogens is 433 g/mol. The molecule has 1 atom stereocenters. The molecule has 0 bridgehead atoms. The van der Waals surface area contributed by atoms with E-state index in [9.17, 15) is 23.4 Å². The molecule has 0 fully saturated rings. The predicted molar refractivity (Wildman–Crippen MR) is 120 cm³/mol. The number of alkyl halides is 3. The second-order valence-electron chi connectivity index (χ2n) is 9.00. The maximum atomic E-state index is 14.3. The molecular formula is C25H25F3N2O3. The van der Waals surface area contributed by atoms with Crippen LogP contribution >= 0.6 is 0 Å². The Labute approximate surface area is 189 Å². The molecule has 1 aliphatic rings. The van der Waals surface area contributed by atoms with Crippen molar-refractivity contribution in [1.29, 1.82) is 0 Å². The molecule has 2 heterocycles. The van der Waals surface area contributed by atoms with Gasteiger partial charge in [0.1, 0.15) is 5.75 Å². The number of oxazole rings is 1. The summed E-state index contributed by atoms with van der Waals surface area (Å²) < 4.78 is 48.2. The van der Waals surface area contributed by atoms with E-state index in [0.717, 1.165) is 5.56 Å². The molecule has 1 aromatic heterocycles. The van der Waals surface area contributed by atoms with Crippen LogP contribution in [0.25, 0.3) is 17.4 Å². The highest BCUT2D eigenvalue weighted by Gasteiger charge is 2.57. The first-order valence-corrected chi connectivity index (χ1v) is 10.5. The van der Waals surface area contributed by atoms with E-state index in [1.54, 1.807) is 50.3 Å². The summed E-state index contributed by atoms with van der Waals surface area (Å²) in [5.74, 6) is 0.1000. The Morgan fingerprint density at radius 3 is 2.55 bits per heavy atom. The van der Waals surface area contributed by atoms with Crippen molar-refractivity contribution in [1.82, 2.24) is 4.98 Å². The number of para-hydroxylation sites is 2. The first kappa shape index (κ1) is 22.9. The molecule has 8 heteroatoms. The Morgan fingerprint density at radius 2 is 1.85 bits per heavy atom. The van der Waals surface area contributed by atoms with E-state index in [0.29, 0.717) is 17.0 Å².